The highest BCUT2D eigenvalue weighted by Gasteiger charge is 2.29. The van der Waals surface area contributed by atoms with Gasteiger partial charge in [0.15, 0.2) is 0 Å². The van der Waals surface area contributed by atoms with E-state index < -0.39 is 6.09 Å². The van der Waals surface area contributed by atoms with Gasteiger partial charge >= 0.3 is 6.09 Å². The van der Waals surface area contributed by atoms with Gasteiger partial charge in [-0.3, -0.25) is 5.32 Å². The van der Waals surface area contributed by atoms with Gasteiger partial charge in [-0.25, -0.2) is 9.18 Å². The molecule has 0 spiro atoms. The van der Waals surface area contributed by atoms with Crippen LogP contribution >= 0.6 is 12.4 Å². The number of nitrogens with one attached hydrogen (secondary N) is 2. The molecule has 156 valence electrons. The van der Waals surface area contributed by atoms with Gasteiger partial charge in [-0.05, 0) is 28.3 Å². The quantitative estimate of drug-likeness (QED) is 0.380. The Balaban J connectivity index is 0.00000231. The molecular formula is C25H20ClFN2O2. The van der Waals surface area contributed by atoms with E-state index in [1.54, 1.807) is 30.6 Å². The molecule has 0 aliphatic heterocycles. The summed E-state index contributed by atoms with van der Waals surface area (Å²) in [6.07, 6.45) is 2.69. The topological polar surface area (TPSA) is 54.1 Å². The third kappa shape index (κ3) is 3.80. The normalized spacial score (nSPS) is 11.9. The first kappa shape index (κ1) is 20.7. The molecule has 1 aromatic heterocycles. The second-order valence-corrected chi connectivity index (χ2v) is 7.21. The maximum absolute atomic E-state index is 14.1. The summed E-state index contributed by atoms with van der Waals surface area (Å²) in [6, 6.07) is 22.8. The second kappa shape index (κ2) is 8.66. The van der Waals surface area contributed by atoms with Gasteiger partial charge in [-0.15, -0.1) is 12.4 Å². The van der Waals surface area contributed by atoms with Crippen LogP contribution in [0.4, 0.5) is 14.9 Å². The number of halogens is 2. The molecule has 1 heterocycles. The van der Waals surface area contributed by atoms with Gasteiger partial charge in [0, 0.05) is 29.4 Å². The maximum atomic E-state index is 14.1. The van der Waals surface area contributed by atoms with Crippen molar-refractivity contribution in [2.45, 2.75) is 5.92 Å². The third-order valence-electron chi connectivity index (χ3n) is 5.49. The molecule has 0 saturated heterocycles. The lowest BCUT2D eigenvalue weighted by Gasteiger charge is -2.15. The van der Waals surface area contributed by atoms with Crippen molar-refractivity contribution in [2.75, 3.05) is 11.9 Å². The number of ether oxygens (including phenoxy) is 1. The number of H-pyrrole nitrogens is 1. The van der Waals surface area contributed by atoms with Crippen molar-refractivity contribution in [3.63, 3.8) is 0 Å². The van der Waals surface area contributed by atoms with Gasteiger partial charge in [0.1, 0.15) is 12.4 Å². The van der Waals surface area contributed by atoms with Gasteiger partial charge in [-0.2, -0.15) is 0 Å². The zero-order valence-electron chi connectivity index (χ0n) is 16.5. The third-order valence-corrected chi connectivity index (χ3v) is 5.49. The highest BCUT2D eigenvalue weighted by Crippen LogP contribution is 2.44. The molecule has 0 bridgehead atoms. The lowest BCUT2D eigenvalue weighted by atomic mass is 9.98. The predicted molar refractivity (Wildman–Crippen MR) is 122 cm³/mol. The van der Waals surface area contributed by atoms with E-state index in [1.165, 1.54) is 17.2 Å². The number of carbonyl (C=O) groups excluding carboxylic acids is 1. The Kier molecular flexibility index (Phi) is 5.78. The average Bonchev–Trinajstić information content (AvgIpc) is 3.35. The van der Waals surface area contributed by atoms with Crippen molar-refractivity contribution in [2.24, 2.45) is 0 Å². The van der Waals surface area contributed by atoms with Crippen LogP contribution in [0.3, 0.4) is 0 Å². The van der Waals surface area contributed by atoms with Crippen molar-refractivity contribution in [3.05, 3.63) is 102 Å². The number of anilines is 1. The van der Waals surface area contributed by atoms with Gasteiger partial charge in [-0.1, -0.05) is 66.7 Å². The first-order chi connectivity index (χ1) is 14.7. The van der Waals surface area contributed by atoms with Gasteiger partial charge < -0.3 is 9.72 Å². The Labute approximate surface area is 185 Å². The van der Waals surface area contributed by atoms with Crippen LogP contribution in [0.5, 0.6) is 0 Å². The van der Waals surface area contributed by atoms with Crippen LogP contribution in [0.1, 0.15) is 17.0 Å². The van der Waals surface area contributed by atoms with Crippen LogP contribution in [-0.2, 0) is 4.74 Å². The summed E-state index contributed by atoms with van der Waals surface area (Å²) in [4.78, 5) is 15.4. The molecule has 2 N–H and O–H groups in total. The SMILES string of the molecule is Cl.O=C(Nc1c[nH]cc1-c1ccccc1F)OCC1c2ccccc2-c2ccccc21. The number of amides is 1. The van der Waals surface area contributed by atoms with E-state index in [0.29, 0.717) is 16.8 Å². The molecule has 5 rings (SSSR count). The van der Waals surface area contributed by atoms with E-state index in [0.717, 1.165) is 11.1 Å². The maximum Gasteiger partial charge on any atom is 0.411 e. The fraction of sp³-hybridized carbons (Fsp3) is 0.0800. The van der Waals surface area contributed by atoms with Crippen molar-refractivity contribution in [1.29, 1.82) is 0 Å². The Morgan fingerprint density at radius 2 is 1.42 bits per heavy atom. The molecule has 3 aromatic carbocycles. The van der Waals surface area contributed by atoms with Crippen LogP contribution in [-0.4, -0.2) is 17.7 Å². The number of aromatic nitrogens is 1. The van der Waals surface area contributed by atoms with Crippen LogP contribution in [0.2, 0.25) is 0 Å². The lowest BCUT2D eigenvalue weighted by molar-refractivity contribution is 0.158. The summed E-state index contributed by atoms with van der Waals surface area (Å²) >= 11 is 0. The predicted octanol–water partition coefficient (Wildman–Crippen LogP) is 6.60. The van der Waals surface area contributed by atoms with Crippen LogP contribution in [0, 0.1) is 5.82 Å². The minimum atomic E-state index is -0.575. The second-order valence-electron chi connectivity index (χ2n) is 7.21. The minimum absolute atomic E-state index is 0. The fourth-order valence-corrected chi connectivity index (χ4v) is 4.11. The van der Waals surface area contributed by atoms with Crippen molar-refractivity contribution in [3.8, 4) is 22.3 Å². The van der Waals surface area contributed by atoms with Crippen molar-refractivity contribution in [1.82, 2.24) is 4.98 Å². The molecule has 0 radical (unpaired) electrons. The minimum Gasteiger partial charge on any atom is -0.448 e. The standard InChI is InChI=1S/C25H19FN2O2.ClH/c26-23-12-6-5-11-20(23)21-13-27-14-24(21)28-25(29)30-15-22-18-9-3-1-7-16(18)17-8-2-4-10-19(17)22;/h1-14,22,27H,15H2,(H,28,29);1H. The fourth-order valence-electron chi connectivity index (χ4n) is 4.11. The molecule has 0 atom stereocenters. The number of hydrogen-bond acceptors (Lipinski definition) is 2. The first-order valence-electron chi connectivity index (χ1n) is 9.76. The number of hydrogen-bond donors (Lipinski definition) is 2. The van der Waals surface area contributed by atoms with E-state index in [1.807, 2.05) is 24.3 Å². The molecule has 1 amide bonds. The summed E-state index contributed by atoms with van der Waals surface area (Å²) in [6.45, 7) is 0.222. The first-order valence-corrected chi connectivity index (χ1v) is 9.76. The molecule has 1 aliphatic rings. The number of carbonyl (C=O) groups is 1. The zero-order chi connectivity index (χ0) is 20.5. The van der Waals surface area contributed by atoms with Crippen LogP contribution < -0.4 is 5.32 Å². The molecule has 4 aromatic rings. The largest absolute Gasteiger partial charge is 0.448 e. The zero-order valence-corrected chi connectivity index (χ0v) is 17.3. The van der Waals surface area contributed by atoms with Gasteiger partial charge in [0.25, 0.3) is 0 Å². The van der Waals surface area contributed by atoms with E-state index in [-0.39, 0.29) is 30.7 Å². The van der Waals surface area contributed by atoms with E-state index >= 15 is 0 Å². The van der Waals surface area contributed by atoms with E-state index in [4.69, 9.17) is 4.74 Å². The van der Waals surface area contributed by atoms with Crippen molar-refractivity contribution < 1.29 is 13.9 Å². The number of fused-ring (bicyclic) bond motifs is 3. The summed E-state index contributed by atoms with van der Waals surface area (Å²) < 4.78 is 19.7. The van der Waals surface area contributed by atoms with E-state index in [2.05, 4.69) is 34.6 Å². The van der Waals surface area contributed by atoms with Crippen molar-refractivity contribution >= 4 is 24.2 Å². The van der Waals surface area contributed by atoms with Crippen LogP contribution in [0.25, 0.3) is 22.3 Å². The molecule has 0 unspecified atom stereocenters. The lowest BCUT2D eigenvalue weighted by Crippen LogP contribution is -2.18. The summed E-state index contributed by atoms with van der Waals surface area (Å²) in [5.74, 6) is -0.368. The van der Waals surface area contributed by atoms with Gasteiger partial charge in [0.2, 0.25) is 0 Å². The molecule has 6 heteroatoms. The number of benzene rings is 3. The highest BCUT2D eigenvalue weighted by atomic mass is 35.5. The molecule has 1 aliphatic carbocycles. The Hall–Kier alpha value is -3.57. The summed E-state index contributed by atoms with van der Waals surface area (Å²) in [5, 5.41) is 2.73. The van der Waals surface area contributed by atoms with Crippen LogP contribution in [0.15, 0.2) is 85.2 Å². The van der Waals surface area contributed by atoms with E-state index in [9.17, 15) is 9.18 Å². The Morgan fingerprint density at radius 1 is 0.839 bits per heavy atom. The monoisotopic (exact) mass is 434 g/mol. The Bertz CT molecular complexity index is 1190. The average molecular weight is 435 g/mol. The molecule has 0 fully saturated rings. The number of aromatic amines is 1. The number of rotatable bonds is 4. The smallest absolute Gasteiger partial charge is 0.411 e. The molecule has 31 heavy (non-hydrogen) atoms. The summed E-state index contributed by atoms with van der Waals surface area (Å²) in [7, 11) is 0. The highest BCUT2D eigenvalue weighted by molar-refractivity contribution is 5.91. The molecule has 0 saturated carbocycles. The Morgan fingerprint density at radius 3 is 2.06 bits per heavy atom. The van der Waals surface area contributed by atoms with Gasteiger partial charge in [0.05, 0.1) is 5.69 Å². The molecular weight excluding hydrogens is 415 g/mol. The summed E-state index contributed by atoms with van der Waals surface area (Å²) in [5.41, 5.74) is 6.11. The molecule has 4 nitrogen and oxygen atoms in total.